The molecule has 0 radical (unpaired) electrons. The number of nitrogens with zero attached hydrogens (tertiary/aromatic N) is 1. The number of hydrogen-bond acceptors (Lipinski definition) is 4. The van der Waals surface area contributed by atoms with Crippen molar-refractivity contribution >= 4 is 5.91 Å². The molecule has 1 aromatic rings. The fourth-order valence-corrected chi connectivity index (χ4v) is 1.96. The van der Waals surface area contributed by atoms with E-state index in [4.69, 9.17) is 5.21 Å². The number of amides is 1. The van der Waals surface area contributed by atoms with Crippen LogP contribution in [0.5, 0.6) is 0 Å². The summed E-state index contributed by atoms with van der Waals surface area (Å²) in [7, 11) is 0. The Morgan fingerprint density at radius 3 is 2.55 bits per heavy atom. The average Bonchev–Trinajstić information content (AvgIpc) is 2.52. The van der Waals surface area contributed by atoms with Crippen LogP contribution in [-0.2, 0) is 11.3 Å². The fraction of sp³-hybridized carbons (Fsp3) is 0.267. The first-order valence-corrected chi connectivity index (χ1v) is 6.60. The Bertz CT molecular complexity index is 471. The summed E-state index contributed by atoms with van der Waals surface area (Å²) in [5.41, 5.74) is 2.91. The number of benzene rings is 1. The first-order chi connectivity index (χ1) is 9.79. The smallest absolute Gasteiger partial charge is 0.254 e. The zero-order valence-electron chi connectivity index (χ0n) is 11.2. The SMILES string of the molecule is O=C(NO)C1C=CN(CCNCc2ccccc2)C=C1. The van der Waals surface area contributed by atoms with Crippen LogP contribution in [0.25, 0.3) is 0 Å². The highest BCUT2D eigenvalue weighted by Crippen LogP contribution is 2.09. The Kier molecular flexibility index (Phi) is 5.34. The fourth-order valence-electron chi connectivity index (χ4n) is 1.96. The molecule has 0 fully saturated rings. The Balaban J connectivity index is 1.66. The summed E-state index contributed by atoms with van der Waals surface area (Å²) in [5, 5.41) is 11.9. The average molecular weight is 273 g/mol. The van der Waals surface area contributed by atoms with E-state index in [9.17, 15) is 4.79 Å². The van der Waals surface area contributed by atoms with Crippen LogP contribution in [0.2, 0.25) is 0 Å². The molecular formula is C15H19N3O2. The minimum atomic E-state index is -0.417. The van der Waals surface area contributed by atoms with Crippen LogP contribution in [0.3, 0.4) is 0 Å². The van der Waals surface area contributed by atoms with Crippen molar-refractivity contribution in [2.24, 2.45) is 5.92 Å². The Labute approximate surface area is 118 Å². The van der Waals surface area contributed by atoms with Gasteiger partial charge in [0, 0.05) is 32.0 Å². The first-order valence-electron chi connectivity index (χ1n) is 6.60. The monoisotopic (exact) mass is 273 g/mol. The summed E-state index contributed by atoms with van der Waals surface area (Å²) in [5.74, 6) is -0.812. The number of hydrogen-bond donors (Lipinski definition) is 3. The lowest BCUT2D eigenvalue weighted by atomic mass is 10.1. The van der Waals surface area contributed by atoms with Gasteiger partial charge in [-0.2, -0.15) is 0 Å². The number of rotatable bonds is 6. The van der Waals surface area contributed by atoms with Gasteiger partial charge in [0.25, 0.3) is 5.91 Å². The summed E-state index contributed by atoms with van der Waals surface area (Å²) >= 11 is 0. The lowest BCUT2D eigenvalue weighted by Gasteiger charge is -2.21. The van der Waals surface area contributed by atoms with E-state index in [1.54, 1.807) is 17.6 Å². The van der Waals surface area contributed by atoms with Crippen molar-refractivity contribution < 1.29 is 10.0 Å². The predicted octanol–water partition coefficient (Wildman–Crippen LogP) is 1.24. The number of carbonyl (C=O) groups is 1. The maximum Gasteiger partial charge on any atom is 0.254 e. The van der Waals surface area contributed by atoms with Crippen molar-refractivity contribution in [2.45, 2.75) is 6.54 Å². The molecule has 0 saturated carbocycles. The second-order valence-electron chi connectivity index (χ2n) is 4.59. The van der Waals surface area contributed by atoms with Crippen molar-refractivity contribution in [1.29, 1.82) is 0 Å². The molecule has 0 aromatic heterocycles. The van der Waals surface area contributed by atoms with Gasteiger partial charge >= 0.3 is 0 Å². The highest BCUT2D eigenvalue weighted by molar-refractivity contribution is 5.81. The second kappa shape index (κ2) is 7.47. The van der Waals surface area contributed by atoms with Gasteiger partial charge in [-0.25, -0.2) is 5.48 Å². The zero-order valence-corrected chi connectivity index (χ0v) is 11.2. The largest absolute Gasteiger partial charge is 0.354 e. The molecule has 0 spiro atoms. The van der Waals surface area contributed by atoms with Gasteiger partial charge in [-0.05, 0) is 5.56 Å². The van der Waals surface area contributed by atoms with Crippen molar-refractivity contribution in [2.75, 3.05) is 13.1 Å². The Morgan fingerprint density at radius 2 is 1.90 bits per heavy atom. The number of carbonyl (C=O) groups excluding carboxylic acids is 1. The van der Waals surface area contributed by atoms with Crippen molar-refractivity contribution in [1.82, 2.24) is 15.7 Å². The second-order valence-corrected chi connectivity index (χ2v) is 4.59. The quantitative estimate of drug-likeness (QED) is 0.414. The third kappa shape index (κ3) is 4.22. The van der Waals surface area contributed by atoms with Gasteiger partial charge in [-0.3, -0.25) is 10.0 Å². The van der Waals surface area contributed by atoms with Crippen LogP contribution in [0, 0.1) is 5.92 Å². The molecule has 5 heteroatoms. The minimum absolute atomic E-state index is 0.395. The van der Waals surface area contributed by atoms with Crippen LogP contribution >= 0.6 is 0 Å². The summed E-state index contributed by atoms with van der Waals surface area (Å²) in [6, 6.07) is 10.2. The lowest BCUT2D eigenvalue weighted by molar-refractivity contribution is -0.130. The molecule has 5 nitrogen and oxygen atoms in total. The van der Waals surface area contributed by atoms with Crippen molar-refractivity contribution in [3.63, 3.8) is 0 Å². The van der Waals surface area contributed by atoms with E-state index in [1.165, 1.54) is 5.56 Å². The summed E-state index contributed by atoms with van der Waals surface area (Å²) in [6.45, 7) is 2.52. The van der Waals surface area contributed by atoms with E-state index in [0.29, 0.717) is 0 Å². The van der Waals surface area contributed by atoms with Gasteiger partial charge in [-0.1, -0.05) is 42.5 Å². The molecule has 1 heterocycles. The van der Waals surface area contributed by atoms with Gasteiger partial charge in [-0.15, -0.1) is 0 Å². The number of hydroxylamine groups is 1. The zero-order chi connectivity index (χ0) is 14.2. The standard InChI is InChI=1S/C15H19N3O2/c19-15(17-20)14-6-9-18(10-7-14)11-8-16-12-13-4-2-1-3-5-13/h1-7,9-10,14,16,20H,8,11-12H2,(H,17,19). The van der Waals surface area contributed by atoms with Crippen molar-refractivity contribution in [3.8, 4) is 0 Å². The molecule has 0 unspecified atom stereocenters. The molecule has 1 aliphatic heterocycles. The third-order valence-electron chi connectivity index (χ3n) is 3.10. The Hall–Kier alpha value is -2.11. The first kappa shape index (κ1) is 14.3. The predicted molar refractivity (Wildman–Crippen MR) is 76.6 cm³/mol. The van der Waals surface area contributed by atoms with E-state index in [2.05, 4.69) is 17.4 Å². The number of nitrogens with one attached hydrogen (secondary N) is 2. The normalized spacial score (nSPS) is 14.6. The molecule has 1 aliphatic rings. The van der Waals surface area contributed by atoms with E-state index in [-0.39, 0.29) is 0 Å². The van der Waals surface area contributed by atoms with E-state index in [0.717, 1.165) is 19.6 Å². The lowest BCUT2D eigenvalue weighted by Crippen LogP contribution is -2.30. The molecular weight excluding hydrogens is 254 g/mol. The van der Waals surface area contributed by atoms with E-state index in [1.807, 2.05) is 35.5 Å². The summed E-state index contributed by atoms with van der Waals surface area (Å²) in [4.78, 5) is 13.2. The topological polar surface area (TPSA) is 64.6 Å². The summed E-state index contributed by atoms with van der Waals surface area (Å²) < 4.78 is 0. The highest BCUT2D eigenvalue weighted by atomic mass is 16.5. The Morgan fingerprint density at radius 1 is 1.20 bits per heavy atom. The van der Waals surface area contributed by atoms with Crippen LogP contribution in [-0.4, -0.2) is 29.1 Å². The van der Waals surface area contributed by atoms with Crippen LogP contribution < -0.4 is 10.8 Å². The van der Waals surface area contributed by atoms with Gasteiger partial charge < -0.3 is 10.2 Å². The molecule has 20 heavy (non-hydrogen) atoms. The summed E-state index contributed by atoms with van der Waals surface area (Å²) in [6.07, 6.45) is 7.21. The molecule has 2 rings (SSSR count). The van der Waals surface area contributed by atoms with Gasteiger partial charge in [0.05, 0.1) is 5.92 Å². The van der Waals surface area contributed by atoms with Crippen LogP contribution in [0.4, 0.5) is 0 Å². The highest BCUT2D eigenvalue weighted by Gasteiger charge is 2.14. The molecule has 0 bridgehead atoms. The molecule has 106 valence electrons. The van der Waals surface area contributed by atoms with E-state index >= 15 is 0 Å². The van der Waals surface area contributed by atoms with Gasteiger partial charge in [0.1, 0.15) is 0 Å². The molecule has 0 aliphatic carbocycles. The van der Waals surface area contributed by atoms with Gasteiger partial charge in [0.2, 0.25) is 0 Å². The third-order valence-corrected chi connectivity index (χ3v) is 3.10. The molecule has 1 amide bonds. The maximum atomic E-state index is 11.2. The van der Waals surface area contributed by atoms with E-state index < -0.39 is 11.8 Å². The minimum Gasteiger partial charge on any atom is -0.354 e. The van der Waals surface area contributed by atoms with Crippen LogP contribution in [0.15, 0.2) is 54.9 Å². The van der Waals surface area contributed by atoms with Crippen molar-refractivity contribution in [3.05, 3.63) is 60.4 Å². The molecule has 3 N–H and O–H groups in total. The molecule has 0 saturated heterocycles. The maximum absolute atomic E-state index is 11.2. The molecule has 1 aromatic carbocycles. The van der Waals surface area contributed by atoms with Gasteiger partial charge in [0.15, 0.2) is 0 Å². The van der Waals surface area contributed by atoms with Crippen LogP contribution in [0.1, 0.15) is 5.56 Å². The molecule has 0 atom stereocenters.